The molecule has 1 N–H and O–H groups in total. The van der Waals surface area contributed by atoms with Gasteiger partial charge in [-0.3, -0.25) is 4.79 Å². The molecule has 96 valence electrons. The van der Waals surface area contributed by atoms with E-state index in [-0.39, 0.29) is 5.91 Å². The van der Waals surface area contributed by atoms with Gasteiger partial charge in [-0.05, 0) is 31.2 Å². The van der Waals surface area contributed by atoms with Crippen molar-refractivity contribution in [3.05, 3.63) is 54.1 Å². The third-order valence-corrected chi connectivity index (χ3v) is 3.38. The normalized spacial score (nSPS) is 14.6. The van der Waals surface area contributed by atoms with E-state index in [1.807, 2.05) is 24.3 Å². The number of carbonyl (C=O) groups excluding carboxylic acids is 1. The van der Waals surface area contributed by atoms with E-state index in [4.69, 9.17) is 0 Å². The Hall–Kier alpha value is -2.29. The number of fused-ring (bicyclic) bond motifs is 1. The van der Waals surface area contributed by atoms with Crippen LogP contribution in [0.4, 0.5) is 17.1 Å². The Morgan fingerprint density at radius 1 is 1.05 bits per heavy atom. The first-order valence-electron chi connectivity index (χ1n) is 6.47. The summed E-state index contributed by atoms with van der Waals surface area (Å²) in [5.74, 6) is 0.0714. The number of hydrogen-bond donors (Lipinski definition) is 1. The van der Waals surface area contributed by atoms with Crippen LogP contribution < -0.4 is 10.2 Å². The van der Waals surface area contributed by atoms with Crippen LogP contribution in [0.1, 0.15) is 12.0 Å². The number of hydrogen-bond acceptors (Lipinski definition) is 2. The van der Waals surface area contributed by atoms with Crippen LogP contribution in [0, 0.1) is 6.92 Å². The van der Waals surface area contributed by atoms with E-state index in [0.29, 0.717) is 13.0 Å². The fraction of sp³-hybridized carbons (Fsp3) is 0.188. The molecule has 19 heavy (non-hydrogen) atoms. The van der Waals surface area contributed by atoms with Gasteiger partial charge in [-0.1, -0.05) is 29.8 Å². The minimum absolute atomic E-state index is 0.0714. The lowest BCUT2D eigenvalue weighted by Gasteiger charge is -2.24. The zero-order valence-corrected chi connectivity index (χ0v) is 10.9. The van der Waals surface area contributed by atoms with Crippen LogP contribution in [0.3, 0.4) is 0 Å². The highest BCUT2D eigenvalue weighted by atomic mass is 16.1. The molecule has 1 aliphatic heterocycles. The molecule has 1 aliphatic rings. The maximum Gasteiger partial charge on any atom is 0.226 e. The molecule has 1 amide bonds. The molecule has 0 atom stereocenters. The molecule has 0 bridgehead atoms. The second kappa shape index (κ2) is 4.76. The Labute approximate surface area is 112 Å². The highest BCUT2D eigenvalue weighted by molar-refractivity contribution is 5.97. The van der Waals surface area contributed by atoms with Gasteiger partial charge in [0.05, 0.1) is 11.4 Å². The third kappa shape index (κ3) is 2.32. The SMILES string of the molecule is Cc1ccc(N2CCC(=O)Nc3ccccc32)cc1. The minimum atomic E-state index is 0.0714. The van der Waals surface area contributed by atoms with E-state index < -0.39 is 0 Å². The third-order valence-electron chi connectivity index (χ3n) is 3.38. The quantitative estimate of drug-likeness (QED) is 0.842. The fourth-order valence-corrected chi connectivity index (χ4v) is 2.35. The van der Waals surface area contributed by atoms with Crippen LogP contribution in [0.15, 0.2) is 48.5 Å². The van der Waals surface area contributed by atoms with Crippen LogP contribution in [-0.4, -0.2) is 12.5 Å². The van der Waals surface area contributed by atoms with Crippen molar-refractivity contribution in [1.29, 1.82) is 0 Å². The smallest absolute Gasteiger partial charge is 0.226 e. The van der Waals surface area contributed by atoms with Gasteiger partial charge in [0, 0.05) is 18.7 Å². The van der Waals surface area contributed by atoms with E-state index in [2.05, 4.69) is 41.4 Å². The Balaban J connectivity index is 2.06. The molecule has 3 nitrogen and oxygen atoms in total. The van der Waals surface area contributed by atoms with Crippen LogP contribution in [0.2, 0.25) is 0 Å². The molecule has 0 radical (unpaired) electrons. The Bertz CT molecular complexity index is 604. The van der Waals surface area contributed by atoms with Crippen molar-refractivity contribution < 1.29 is 4.79 Å². The number of aryl methyl sites for hydroxylation is 1. The highest BCUT2D eigenvalue weighted by Crippen LogP contribution is 2.34. The van der Waals surface area contributed by atoms with Gasteiger partial charge in [-0.25, -0.2) is 0 Å². The average Bonchev–Trinajstić information content (AvgIpc) is 2.58. The lowest BCUT2D eigenvalue weighted by molar-refractivity contribution is -0.115. The Kier molecular flexibility index (Phi) is 2.95. The summed E-state index contributed by atoms with van der Waals surface area (Å²) in [6.07, 6.45) is 0.503. The molecule has 1 heterocycles. The first-order chi connectivity index (χ1) is 9.24. The second-order valence-corrected chi connectivity index (χ2v) is 4.80. The molecule has 0 aliphatic carbocycles. The van der Waals surface area contributed by atoms with Gasteiger partial charge < -0.3 is 10.2 Å². The van der Waals surface area contributed by atoms with Crippen LogP contribution >= 0.6 is 0 Å². The summed E-state index contributed by atoms with van der Waals surface area (Å²) >= 11 is 0. The molecule has 0 unspecified atom stereocenters. The largest absolute Gasteiger partial charge is 0.339 e. The predicted octanol–water partition coefficient (Wildman–Crippen LogP) is 3.48. The van der Waals surface area contributed by atoms with Crippen LogP contribution in [-0.2, 0) is 4.79 Å². The van der Waals surface area contributed by atoms with Gasteiger partial charge in [-0.15, -0.1) is 0 Å². The van der Waals surface area contributed by atoms with Crippen molar-refractivity contribution in [1.82, 2.24) is 0 Å². The van der Waals surface area contributed by atoms with Gasteiger partial charge in [0.2, 0.25) is 5.91 Å². The Morgan fingerprint density at radius 2 is 1.79 bits per heavy atom. The standard InChI is InChI=1S/C16H16N2O/c1-12-6-8-13(9-7-12)18-11-10-16(19)17-14-4-2-3-5-15(14)18/h2-9H,10-11H2,1H3,(H,17,19). The molecule has 0 fully saturated rings. The summed E-state index contributed by atoms with van der Waals surface area (Å²) in [7, 11) is 0. The molecular formula is C16H16N2O. The summed E-state index contributed by atoms with van der Waals surface area (Å²) in [4.78, 5) is 13.9. The maximum absolute atomic E-state index is 11.7. The summed E-state index contributed by atoms with van der Waals surface area (Å²) in [5.41, 5.74) is 4.29. The number of nitrogens with zero attached hydrogens (tertiary/aromatic N) is 1. The lowest BCUT2D eigenvalue weighted by Crippen LogP contribution is -2.18. The van der Waals surface area contributed by atoms with E-state index in [0.717, 1.165) is 17.1 Å². The molecular weight excluding hydrogens is 236 g/mol. The first kappa shape index (κ1) is 11.8. The highest BCUT2D eigenvalue weighted by Gasteiger charge is 2.19. The van der Waals surface area contributed by atoms with Crippen molar-refractivity contribution in [2.75, 3.05) is 16.8 Å². The monoisotopic (exact) mass is 252 g/mol. The van der Waals surface area contributed by atoms with Gasteiger partial charge in [0.1, 0.15) is 0 Å². The van der Waals surface area contributed by atoms with Crippen molar-refractivity contribution in [3.63, 3.8) is 0 Å². The zero-order valence-electron chi connectivity index (χ0n) is 10.9. The molecule has 0 aromatic heterocycles. The summed E-state index contributed by atoms with van der Waals surface area (Å²) in [6, 6.07) is 16.3. The summed E-state index contributed by atoms with van der Waals surface area (Å²) in [6.45, 7) is 2.77. The first-order valence-corrected chi connectivity index (χ1v) is 6.47. The van der Waals surface area contributed by atoms with Crippen molar-refractivity contribution in [2.45, 2.75) is 13.3 Å². The fourth-order valence-electron chi connectivity index (χ4n) is 2.35. The van der Waals surface area contributed by atoms with Crippen molar-refractivity contribution in [3.8, 4) is 0 Å². The number of rotatable bonds is 1. The van der Waals surface area contributed by atoms with Crippen molar-refractivity contribution >= 4 is 23.0 Å². The number of benzene rings is 2. The molecule has 0 saturated heterocycles. The second-order valence-electron chi connectivity index (χ2n) is 4.80. The van der Waals surface area contributed by atoms with Gasteiger partial charge in [0.25, 0.3) is 0 Å². The number of amides is 1. The maximum atomic E-state index is 11.7. The molecule has 2 aromatic carbocycles. The van der Waals surface area contributed by atoms with E-state index in [9.17, 15) is 4.79 Å². The van der Waals surface area contributed by atoms with Gasteiger partial charge in [-0.2, -0.15) is 0 Å². The van der Waals surface area contributed by atoms with Gasteiger partial charge in [0.15, 0.2) is 0 Å². The summed E-state index contributed by atoms with van der Waals surface area (Å²) < 4.78 is 0. The van der Waals surface area contributed by atoms with Crippen molar-refractivity contribution in [2.24, 2.45) is 0 Å². The van der Waals surface area contributed by atoms with E-state index >= 15 is 0 Å². The van der Waals surface area contributed by atoms with E-state index in [1.54, 1.807) is 0 Å². The minimum Gasteiger partial charge on any atom is -0.339 e. The predicted molar refractivity (Wildman–Crippen MR) is 77.9 cm³/mol. The molecule has 3 rings (SSSR count). The lowest BCUT2D eigenvalue weighted by atomic mass is 10.2. The molecule has 0 spiro atoms. The number of anilines is 3. The number of para-hydroxylation sites is 2. The number of carbonyl (C=O) groups is 1. The molecule has 2 aromatic rings. The van der Waals surface area contributed by atoms with Crippen LogP contribution in [0.25, 0.3) is 0 Å². The van der Waals surface area contributed by atoms with E-state index in [1.165, 1.54) is 5.56 Å². The Morgan fingerprint density at radius 3 is 2.58 bits per heavy atom. The average molecular weight is 252 g/mol. The zero-order chi connectivity index (χ0) is 13.2. The van der Waals surface area contributed by atoms with Crippen LogP contribution in [0.5, 0.6) is 0 Å². The topological polar surface area (TPSA) is 32.3 Å². The molecule has 0 saturated carbocycles. The number of nitrogens with one attached hydrogen (secondary N) is 1. The van der Waals surface area contributed by atoms with Gasteiger partial charge >= 0.3 is 0 Å². The molecule has 3 heteroatoms. The summed E-state index contributed by atoms with van der Waals surface area (Å²) in [5, 5.41) is 2.95.